The lowest BCUT2D eigenvalue weighted by molar-refractivity contribution is 0.0942. The SMILES string of the molecule is Cc1ccc(C)c(C(=O)NCC[C@@H](O)c2ccc3c(c2)OCO3)c1. The van der Waals surface area contributed by atoms with E-state index in [4.69, 9.17) is 9.47 Å². The fraction of sp³-hybridized carbons (Fsp3) is 0.316. The van der Waals surface area contributed by atoms with Crippen molar-refractivity contribution in [3.63, 3.8) is 0 Å². The summed E-state index contributed by atoms with van der Waals surface area (Å²) < 4.78 is 10.6. The van der Waals surface area contributed by atoms with E-state index in [-0.39, 0.29) is 12.7 Å². The minimum absolute atomic E-state index is 0.117. The molecule has 126 valence electrons. The third kappa shape index (κ3) is 3.51. The standard InChI is InChI=1S/C19H21NO4/c1-12-3-4-13(2)15(9-12)19(22)20-8-7-16(21)14-5-6-17-18(10-14)24-11-23-17/h3-6,9-10,16,21H,7-8,11H2,1-2H3,(H,20,22)/t16-/m1/s1. The first-order valence-corrected chi connectivity index (χ1v) is 7.97. The average Bonchev–Trinajstić information content (AvgIpc) is 3.04. The molecule has 2 aromatic rings. The number of hydrogen-bond acceptors (Lipinski definition) is 4. The van der Waals surface area contributed by atoms with Gasteiger partial charge in [0.1, 0.15) is 0 Å². The van der Waals surface area contributed by atoms with Crippen molar-refractivity contribution in [3.05, 3.63) is 58.7 Å². The molecular weight excluding hydrogens is 306 g/mol. The van der Waals surface area contributed by atoms with E-state index in [1.807, 2.05) is 38.1 Å². The highest BCUT2D eigenvalue weighted by molar-refractivity contribution is 5.95. The Morgan fingerprint density at radius 1 is 1.17 bits per heavy atom. The fourth-order valence-corrected chi connectivity index (χ4v) is 2.69. The third-order valence-electron chi connectivity index (χ3n) is 4.12. The predicted octanol–water partition coefficient (Wildman–Crippen LogP) is 2.89. The van der Waals surface area contributed by atoms with Crippen LogP contribution in [0, 0.1) is 13.8 Å². The first-order chi connectivity index (χ1) is 11.5. The van der Waals surface area contributed by atoms with Gasteiger partial charge in [-0.05, 0) is 49.6 Å². The Labute approximate surface area is 141 Å². The molecule has 1 aliphatic heterocycles. The van der Waals surface area contributed by atoms with E-state index in [9.17, 15) is 9.90 Å². The van der Waals surface area contributed by atoms with Crippen molar-refractivity contribution >= 4 is 5.91 Å². The van der Waals surface area contributed by atoms with Crippen molar-refractivity contribution in [2.45, 2.75) is 26.4 Å². The number of fused-ring (bicyclic) bond motifs is 1. The Morgan fingerprint density at radius 3 is 2.79 bits per heavy atom. The molecule has 0 aliphatic carbocycles. The van der Waals surface area contributed by atoms with Crippen molar-refractivity contribution in [3.8, 4) is 11.5 Å². The zero-order valence-electron chi connectivity index (χ0n) is 13.8. The smallest absolute Gasteiger partial charge is 0.251 e. The zero-order valence-corrected chi connectivity index (χ0v) is 13.8. The predicted molar refractivity (Wildman–Crippen MR) is 90.4 cm³/mol. The van der Waals surface area contributed by atoms with Gasteiger partial charge < -0.3 is 19.9 Å². The lowest BCUT2D eigenvalue weighted by Gasteiger charge is -2.13. The quantitative estimate of drug-likeness (QED) is 0.886. The Kier molecular flexibility index (Phi) is 4.71. The number of amides is 1. The molecule has 0 aromatic heterocycles. The first kappa shape index (κ1) is 16.3. The van der Waals surface area contributed by atoms with Gasteiger partial charge in [0.25, 0.3) is 5.91 Å². The summed E-state index contributed by atoms with van der Waals surface area (Å²) in [6.07, 6.45) is -0.241. The number of ether oxygens (including phenoxy) is 2. The summed E-state index contributed by atoms with van der Waals surface area (Å²) in [7, 11) is 0. The van der Waals surface area contributed by atoms with Crippen LogP contribution in [0.25, 0.3) is 0 Å². The van der Waals surface area contributed by atoms with Crippen molar-refractivity contribution in [1.82, 2.24) is 5.32 Å². The normalized spacial score (nSPS) is 13.6. The maximum atomic E-state index is 12.3. The van der Waals surface area contributed by atoms with Gasteiger partial charge in [-0.1, -0.05) is 23.8 Å². The van der Waals surface area contributed by atoms with Crippen LogP contribution in [0.3, 0.4) is 0 Å². The van der Waals surface area contributed by atoms with E-state index in [1.54, 1.807) is 12.1 Å². The minimum Gasteiger partial charge on any atom is -0.454 e. The summed E-state index contributed by atoms with van der Waals surface area (Å²) in [5.74, 6) is 1.22. The van der Waals surface area contributed by atoms with Crippen LogP contribution in [0.5, 0.6) is 11.5 Å². The molecule has 1 atom stereocenters. The maximum absolute atomic E-state index is 12.3. The van der Waals surface area contributed by atoms with Gasteiger partial charge in [0.05, 0.1) is 6.10 Å². The van der Waals surface area contributed by atoms with Gasteiger partial charge in [-0.3, -0.25) is 4.79 Å². The van der Waals surface area contributed by atoms with Crippen LogP contribution in [0.4, 0.5) is 0 Å². The molecule has 1 heterocycles. The molecule has 24 heavy (non-hydrogen) atoms. The molecule has 3 rings (SSSR count). The molecule has 0 bridgehead atoms. The molecule has 0 spiro atoms. The highest BCUT2D eigenvalue weighted by Gasteiger charge is 2.17. The fourth-order valence-electron chi connectivity index (χ4n) is 2.69. The molecule has 0 fully saturated rings. The molecule has 2 N–H and O–H groups in total. The van der Waals surface area contributed by atoms with Crippen LogP contribution in [0.2, 0.25) is 0 Å². The second-order valence-electron chi connectivity index (χ2n) is 5.99. The van der Waals surface area contributed by atoms with E-state index in [2.05, 4.69) is 5.32 Å². The van der Waals surface area contributed by atoms with E-state index < -0.39 is 6.10 Å². The van der Waals surface area contributed by atoms with Crippen molar-refractivity contribution < 1.29 is 19.4 Å². The highest BCUT2D eigenvalue weighted by atomic mass is 16.7. The Hall–Kier alpha value is -2.53. The van der Waals surface area contributed by atoms with E-state index in [1.165, 1.54) is 0 Å². The molecule has 1 amide bonds. The summed E-state index contributed by atoms with van der Waals surface area (Å²) in [5.41, 5.74) is 3.41. The number of aryl methyl sites for hydroxylation is 2. The molecule has 0 unspecified atom stereocenters. The summed E-state index contributed by atoms with van der Waals surface area (Å²) in [5, 5.41) is 13.2. The minimum atomic E-state index is -0.668. The van der Waals surface area contributed by atoms with Gasteiger partial charge in [-0.15, -0.1) is 0 Å². The Morgan fingerprint density at radius 2 is 1.96 bits per heavy atom. The average molecular weight is 327 g/mol. The van der Waals surface area contributed by atoms with Crippen LogP contribution in [-0.2, 0) is 0 Å². The zero-order chi connectivity index (χ0) is 17.1. The molecule has 5 nitrogen and oxygen atoms in total. The van der Waals surface area contributed by atoms with Gasteiger partial charge in [0, 0.05) is 12.1 Å². The molecule has 2 aromatic carbocycles. The van der Waals surface area contributed by atoms with Gasteiger partial charge >= 0.3 is 0 Å². The summed E-state index contributed by atoms with van der Waals surface area (Å²) >= 11 is 0. The third-order valence-corrected chi connectivity index (χ3v) is 4.12. The van der Waals surface area contributed by atoms with Crippen LogP contribution in [0.15, 0.2) is 36.4 Å². The monoisotopic (exact) mass is 327 g/mol. The maximum Gasteiger partial charge on any atom is 0.251 e. The molecule has 5 heteroatoms. The Bertz CT molecular complexity index is 757. The van der Waals surface area contributed by atoms with Crippen molar-refractivity contribution in [2.24, 2.45) is 0 Å². The largest absolute Gasteiger partial charge is 0.454 e. The van der Waals surface area contributed by atoms with Crippen LogP contribution < -0.4 is 14.8 Å². The molecule has 0 saturated carbocycles. The van der Waals surface area contributed by atoms with Crippen molar-refractivity contribution in [1.29, 1.82) is 0 Å². The molecule has 0 saturated heterocycles. The van der Waals surface area contributed by atoms with Crippen LogP contribution >= 0.6 is 0 Å². The summed E-state index contributed by atoms with van der Waals surface area (Å²) in [6, 6.07) is 11.2. The van der Waals surface area contributed by atoms with Gasteiger partial charge in [-0.2, -0.15) is 0 Å². The van der Waals surface area contributed by atoms with E-state index in [0.717, 1.165) is 16.7 Å². The molecule has 0 radical (unpaired) electrons. The topological polar surface area (TPSA) is 67.8 Å². The second kappa shape index (κ2) is 6.93. The number of aliphatic hydroxyl groups excluding tert-OH is 1. The first-order valence-electron chi connectivity index (χ1n) is 7.97. The van der Waals surface area contributed by atoms with Gasteiger partial charge in [0.15, 0.2) is 11.5 Å². The van der Waals surface area contributed by atoms with Crippen LogP contribution in [0.1, 0.15) is 39.6 Å². The van der Waals surface area contributed by atoms with E-state index in [0.29, 0.717) is 30.0 Å². The number of aliphatic hydroxyl groups is 1. The van der Waals surface area contributed by atoms with Gasteiger partial charge in [0.2, 0.25) is 6.79 Å². The second-order valence-corrected chi connectivity index (χ2v) is 5.99. The summed E-state index contributed by atoms with van der Waals surface area (Å²) in [4.78, 5) is 12.3. The molecular formula is C19H21NO4. The lowest BCUT2D eigenvalue weighted by Crippen LogP contribution is -2.26. The number of carbonyl (C=O) groups excluding carboxylic acids is 1. The number of carbonyl (C=O) groups is 1. The lowest BCUT2D eigenvalue weighted by atomic mass is 10.0. The Balaban J connectivity index is 1.56. The number of hydrogen-bond donors (Lipinski definition) is 2. The van der Waals surface area contributed by atoms with E-state index >= 15 is 0 Å². The highest BCUT2D eigenvalue weighted by Crippen LogP contribution is 2.34. The van der Waals surface area contributed by atoms with Crippen molar-refractivity contribution in [2.75, 3.05) is 13.3 Å². The number of benzene rings is 2. The summed E-state index contributed by atoms with van der Waals surface area (Å²) in [6.45, 7) is 4.47. The number of nitrogens with one attached hydrogen (secondary N) is 1. The van der Waals surface area contributed by atoms with Crippen LogP contribution in [-0.4, -0.2) is 24.4 Å². The number of rotatable bonds is 5. The molecule has 1 aliphatic rings. The van der Waals surface area contributed by atoms with Gasteiger partial charge in [-0.25, -0.2) is 0 Å².